The van der Waals surface area contributed by atoms with Crippen LogP contribution < -0.4 is 0 Å². The van der Waals surface area contributed by atoms with Crippen LogP contribution in [0.25, 0.3) is 0 Å². The van der Waals surface area contributed by atoms with Crippen LogP contribution in [0.3, 0.4) is 0 Å². The molecule has 1 saturated carbocycles. The first-order chi connectivity index (χ1) is 32.3. The quantitative estimate of drug-likeness (QED) is 0.174. The average Bonchev–Trinajstić information content (AvgIpc) is 3.32. The fourth-order valence-electron chi connectivity index (χ4n) is 10.5. The van der Waals surface area contributed by atoms with Crippen LogP contribution in [0.2, 0.25) is 0 Å². The molecule has 15 nitrogen and oxygen atoms in total. The van der Waals surface area contributed by atoms with Gasteiger partial charge in [0, 0.05) is 58.5 Å². The molecule has 0 aromatic carbocycles. The number of amides is 1. The number of fused-ring (bicyclic) bond motifs is 3. The topological polar surface area (TPSA) is 205 Å². The molecule has 1 amide bonds. The van der Waals surface area contributed by atoms with Crippen LogP contribution in [0.5, 0.6) is 0 Å². The van der Waals surface area contributed by atoms with Crippen molar-refractivity contribution in [3.8, 4) is 0 Å². The highest BCUT2D eigenvalue weighted by Gasteiger charge is 2.53. The molecule has 68 heavy (non-hydrogen) atoms. The number of allylic oxidation sites excluding steroid dienone is 6. The van der Waals surface area contributed by atoms with E-state index in [-0.39, 0.29) is 74.1 Å². The molecule has 0 spiro atoms. The van der Waals surface area contributed by atoms with Crippen molar-refractivity contribution in [2.75, 3.05) is 41.1 Å². The third-order valence-electron chi connectivity index (χ3n) is 14.9. The monoisotopic (exact) mass is 958 g/mol. The average molecular weight is 958 g/mol. The molecule has 1 aliphatic carbocycles. The molecule has 15 heteroatoms. The molecule has 15 atom stereocenters. The molecule has 3 heterocycles. The molecule has 0 aromatic heterocycles. The van der Waals surface area contributed by atoms with E-state index in [2.05, 4.69) is 0 Å². The Morgan fingerprint density at radius 1 is 0.868 bits per heavy atom. The number of esters is 1. The van der Waals surface area contributed by atoms with Crippen LogP contribution in [0.15, 0.2) is 47.6 Å². The number of nitrogens with zero attached hydrogens (tertiary/aromatic N) is 1. The molecule has 3 N–H and O–H groups in total. The van der Waals surface area contributed by atoms with Crippen LogP contribution in [-0.4, -0.2) is 145 Å². The number of rotatable bonds is 9. The number of aliphatic hydroxyl groups excluding tert-OH is 2. The van der Waals surface area contributed by atoms with Crippen molar-refractivity contribution in [3.05, 3.63) is 47.6 Å². The normalized spacial score (nSPS) is 37.5. The maximum Gasteiger partial charge on any atom is 0.329 e. The summed E-state index contributed by atoms with van der Waals surface area (Å²) in [5.74, 6) is -7.94. The van der Waals surface area contributed by atoms with Gasteiger partial charge in [0.05, 0.1) is 43.7 Å². The van der Waals surface area contributed by atoms with Crippen molar-refractivity contribution in [3.63, 3.8) is 0 Å². The lowest BCUT2D eigenvalue weighted by Crippen LogP contribution is -2.61. The first kappa shape index (κ1) is 57.2. The second kappa shape index (κ2) is 27.3. The molecule has 0 aromatic rings. The molecule has 3 aliphatic heterocycles. The largest absolute Gasteiger partial charge is 0.460 e. The van der Waals surface area contributed by atoms with Crippen LogP contribution >= 0.6 is 0 Å². The highest BCUT2D eigenvalue weighted by atomic mass is 16.6. The smallest absolute Gasteiger partial charge is 0.329 e. The zero-order valence-corrected chi connectivity index (χ0v) is 42.4. The second-order valence-corrected chi connectivity index (χ2v) is 20.2. The molecule has 384 valence electrons. The van der Waals surface area contributed by atoms with Gasteiger partial charge in [0.15, 0.2) is 11.6 Å². The van der Waals surface area contributed by atoms with Crippen molar-refractivity contribution in [2.45, 2.75) is 180 Å². The van der Waals surface area contributed by atoms with E-state index in [1.165, 1.54) is 12.0 Å². The third-order valence-corrected chi connectivity index (χ3v) is 14.9. The summed E-state index contributed by atoms with van der Waals surface area (Å²) < 4.78 is 35.6. The van der Waals surface area contributed by atoms with Gasteiger partial charge < -0.3 is 48.6 Å². The lowest BCUT2D eigenvalue weighted by Gasteiger charge is -2.42. The van der Waals surface area contributed by atoms with Crippen molar-refractivity contribution in [1.82, 2.24) is 4.90 Å². The van der Waals surface area contributed by atoms with E-state index in [4.69, 9.17) is 28.4 Å². The summed E-state index contributed by atoms with van der Waals surface area (Å²) in [4.78, 5) is 72.1. The zero-order valence-electron chi connectivity index (χ0n) is 42.4. The number of piperidine rings is 1. The highest BCUT2D eigenvalue weighted by molar-refractivity contribution is 6.39. The summed E-state index contributed by atoms with van der Waals surface area (Å²) in [7, 11) is 4.59. The van der Waals surface area contributed by atoms with E-state index in [1.54, 1.807) is 41.1 Å². The predicted molar refractivity (Wildman–Crippen MR) is 256 cm³/mol. The Morgan fingerprint density at radius 2 is 1.60 bits per heavy atom. The Kier molecular flexibility index (Phi) is 22.9. The van der Waals surface area contributed by atoms with Crippen LogP contribution in [0.1, 0.15) is 126 Å². The van der Waals surface area contributed by atoms with E-state index in [0.29, 0.717) is 63.4 Å². The molecule has 4 aliphatic rings. The zero-order chi connectivity index (χ0) is 50.3. The fraction of sp³-hybridized carbons (Fsp3) is 0.755. The summed E-state index contributed by atoms with van der Waals surface area (Å²) in [6.07, 6.45) is 12.0. The number of hydrogen-bond donors (Lipinski definition) is 3. The lowest BCUT2D eigenvalue weighted by molar-refractivity contribution is -0.265. The van der Waals surface area contributed by atoms with Gasteiger partial charge in [0.1, 0.15) is 18.2 Å². The number of ether oxygens (including phenoxy) is 6. The van der Waals surface area contributed by atoms with Gasteiger partial charge in [-0.1, -0.05) is 71.1 Å². The molecule has 0 radical (unpaired) electrons. The Labute approximate surface area is 405 Å². The standard InChI is InChI=1S/C53H83NO14/c1-32-16-12-11-13-17-33(2)44(63-8)30-40-21-19-38(7)53(62,68-40)50(59)51(60)54-23-15-14-18-41(54)52(61)67-45(35(4)28-39-20-22-43(66-25-24-55)46(29-39)64-9)31-42(56)34(3)27-37(6)48(58)49(65-10)47(57)36(5)26-32/h11-13,16-17,27,32,35-41,43-46,48-49,55,58,62H,14-15,18-26,28-31H2,1-10H3/b13-11?,16-12?,33-17?,34-27+/t32-,35-,36-,37?,38-,39+,40+,41+,43-,44+,45+,46-,48-,49+,53-/m1/s1. The molecule has 4 rings (SSSR count). The van der Waals surface area contributed by atoms with Crippen molar-refractivity contribution in [2.24, 2.45) is 35.5 Å². The van der Waals surface area contributed by atoms with Gasteiger partial charge in [-0.2, -0.15) is 0 Å². The number of carbonyl (C=O) groups is 5. The Bertz CT molecular complexity index is 1810. The van der Waals surface area contributed by atoms with Crippen molar-refractivity contribution in [1.29, 1.82) is 0 Å². The first-order valence-corrected chi connectivity index (χ1v) is 25.0. The maximum atomic E-state index is 14.5. The lowest BCUT2D eigenvalue weighted by atomic mass is 9.78. The van der Waals surface area contributed by atoms with E-state index in [0.717, 1.165) is 12.0 Å². The first-order valence-electron chi connectivity index (χ1n) is 25.0. The number of methoxy groups -OCH3 is 3. The summed E-state index contributed by atoms with van der Waals surface area (Å²) >= 11 is 0. The minimum atomic E-state index is -2.43. The van der Waals surface area contributed by atoms with E-state index < -0.39 is 77.8 Å². The number of aliphatic hydroxyl groups is 3. The van der Waals surface area contributed by atoms with Crippen molar-refractivity contribution < 1.29 is 67.7 Å². The molecule has 3 fully saturated rings. The highest BCUT2D eigenvalue weighted by Crippen LogP contribution is 2.38. The fourth-order valence-corrected chi connectivity index (χ4v) is 10.5. The van der Waals surface area contributed by atoms with Gasteiger partial charge in [0.2, 0.25) is 5.79 Å². The van der Waals surface area contributed by atoms with E-state index in [9.17, 15) is 39.3 Å². The van der Waals surface area contributed by atoms with Crippen LogP contribution in [0, 0.1) is 35.5 Å². The number of cyclic esters (lactones) is 1. The van der Waals surface area contributed by atoms with Crippen molar-refractivity contribution >= 4 is 29.2 Å². The minimum absolute atomic E-state index is 0.0185. The molecular weight excluding hydrogens is 875 g/mol. The Balaban J connectivity index is 1.70. The molecular formula is C53H83NO14. The van der Waals surface area contributed by atoms with Gasteiger partial charge in [0.25, 0.3) is 11.7 Å². The van der Waals surface area contributed by atoms with Gasteiger partial charge in [-0.15, -0.1) is 0 Å². The van der Waals surface area contributed by atoms with Gasteiger partial charge in [-0.25, -0.2) is 4.79 Å². The summed E-state index contributed by atoms with van der Waals surface area (Å²) in [6, 6.07) is -1.15. The summed E-state index contributed by atoms with van der Waals surface area (Å²) in [5, 5.41) is 32.8. The SMILES string of the molecule is CO[C@H]1C[C@@H]2CC[C@@H](C)[C@@](O)(O2)C(=O)C(=O)N2CCCC[C@H]2C(=O)O[C@H]([C@H](C)C[C@@H]2CC[C@@H](OCCO)[C@H](OC)C2)CC(=O)/C(C)=C/C(C)[C@@H](O)[C@@H](OC)C(=O)[C@H](C)C[C@H](C)C=CC=CC=C1C. The number of ketones is 3. The van der Waals surface area contributed by atoms with Gasteiger partial charge in [-0.05, 0) is 107 Å². The number of Topliss-reactive ketones (excluding diaryl/α,β-unsaturated/α-hetero) is 3. The third kappa shape index (κ3) is 15.3. The predicted octanol–water partition coefficient (Wildman–Crippen LogP) is 6.20. The minimum Gasteiger partial charge on any atom is -0.460 e. The second-order valence-electron chi connectivity index (χ2n) is 20.2. The van der Waals surface area contributed by atoms with Gasteiger partial charge in [-0.3, -0.25) is 19.2 Å². The number of carbonyl (C=O) groups excluding carboxylic acids is 5. The van der Waals surface area contributed by atoms with E-state index in [1.807, 2.05) is 58.1 Å². The van der Waals surface area contributed by atoms with E-state index >= 15 is 0 Å². The Morgan fingerprint density at radius 3 is 2.28 bits per heavy atom. The molecule has 2 bridgehead atoms. The number of hydrogen-bond acceptors (Lipinski definition) is 14. The van der Waals surface area contributed by atoms with Crippen LogP contribution in [-0.2, 0) is 52.4 Å². The summed E-state index contributed by atoms with van der Waals surface area (Å²) in [6.45, 7) is 12.9. The molecule has 2 saturated heterocycles. The Hall–Kier alpha value is -3.41. The summed E-state index contributed by atoms with van der Waals surface area (Å²) in [5.41, 5.74) is 1.19. The molecule has 1 unspecified atom stereocenters. The maximum absolute atomic E-state index is 14.5. The van der Waals surface area contributed by atoms with Crippen LogP contribution in [0.4, 0.5) is 0 Å². The van der Waals surface area contributed by atoms with Gasteiger partial charge >= 0.3 is 5.97 Å².